The van der Waals surface area contributed by atoms with Gasteiger partial charge >= 0.3 is 0 Å². The maximum atomic E-state index is 11.7. The highest BCUT2D eigenvalue weighted by atomic mass is 35.5. The average Bonchev–Trinajstić information content (AvgIpc) is 2.42. The van der Waals surface area contributed by atoms with Gasteiger partial charge in [-0.15, -0.1) is 0 Å². The summed E-state index contributed by atoms with van der Waals surface area (Å²) in [6, 6.07) is 5.16. The number of phenols is 1. The van der Waals surface area contributed by atoms with Crippen molar-refractivity contribution in [1.82, 2.24) is 4.90 Å². The molecule has 5 nitrogen and oxygen atoms in total. The van der Waals surface area contributed by atoms with Gasteiger partial charge in [0.2, 0.25) is 0 Å². The topological polar surface area (TPSA) is 63.6 Å². The van der Waals surface area contributed by atoms with E-state index < -0.39 is 6.09 Å². The van der Waals surface area contributed by atoms with Gasteiger partial charge in [-0.05, 0) is 38.5 Å². The summed E-state index contributed by atoms with van der Waals surface area (Å²) in [5, 5.41) is 21.5. The number of amides is 1. The van der Waals surface area contributed by atoms with Crippen LogP contribution in [0, 0.1) is 0 Å². The van der Waals surface area contributed by atoms with E-state index in [9.17, 15) is 15.0 Å². The van der Waals surface area contributed by atoms with E-state index in [1.54, 1.807) is 12.1 Å². The fourth-order valence-electron chi connectivity index (χ4n) is 3.04. The summed E-state index contributed by atoms with van der Waals surface area (Å²) in [4.78, 5) is 13.9. The van der Waals surface area contributed by atoms with Gasteiger partial charge in [-0.1, -0.05) is 17.7 Å². The van der Waals surface area contributed by atoms with E-state index in [0.29, 0.717) is 37.7 Å². The van der Waals surface area contributed by atoms with Crippen LogP contribution in [-0.4, -0.2) is 52.3 Å². The van der Waals surface area contributed by atoms with Gasteiger partial charge in [-0.25, -0.2) is 0 Å². The molecule has 0 bridgehead atoms. The van der Waals surface area contributed by atoms with Crippen LogP contribution in [0.25, 0.3) is 0 Å². The number of halogens is 1. The zero-order chi connectivity index (χ0) is 16.5. The van der Waals surface area contributed by atoms with Crippen molar-refractivity contribution < 1.29 is 19.5 Å². The van der Waals surface area contributed by atoms with Crippen LogP contribution in [0.2, 0.25) is 5.02 Å². The van der Waals surface area contributed by atoms with Gasteiger partial charge < -0.3 is 15.0 Å². The molecular formula is C16H23ClN2O3. The van der Waals surface area contributed by atoms with E-state index in [-0.39, 0.29) is 15.8 Å². The summed E-state index contributed by atoms with van der Waals surface area (Å²) < 4.78 is -0.0141. The molecule has 0 aromatic heterocycles. The number of benzene rings is 1. The number of carboxylic acid groups (broad SMARTS) is 1. The Kier molecular flexibility index (Phi) is 4.70. The molecule has 1 amide bonds. The third-order valence-electron chi connectivity index (χ3n) is 4.65. The molecule has 0 radical (unpaired) electrons. The number of aromatic hydroxyl groups is 1. The number of phenolic OH excluding ortho intramolecular Hbond substituents is 1. The highest BCUT2D eigenvalue weighted by Gasteiger charge is 2.44. The van der Waals surface area contributed by atoms with Gasteiger partial charge in [0, 0.05) is 19.6 Å². The van der Waals surface area contributed by atoms with Crippen molar-refractivity contribution in [2.24, 2.45) is 0 Å². The molecule has 1 N–H and O–H groups in total. The molecule has 2 rings (SSSR count). The fourth-order valence-corrected chi connectivity index (χ4v) is 3.24. The number of hydrogen-bond acceptors (Lipinski definition) is 4. The maximum absolute atomic E-state index is 11.7. The first-order valence-electron chi connectivity index (χ1n) is 7.44. The molecule has 1 heterocycles. The Balaban J connectivity index is 2.05. The molecule has 0 aliphatic carbocycles. The average molecular weight is 327 g/mol. The Bertz CT molecular complexity index is 561. The van der Waals surface area contributed by atoms with Crippen LogP contribution in [-0.2, 0) is 6.54 Å². The van der Waals surface area contributed by atoms with Crippen molar-refractivity contribution in [3.8, 4) is 5.75 Å². The minimum absolute atomic E-state index is 0.0141. The first kappa shape index (κ1) is 17.1. The number of piperazine rings is 1. The highest BCUT2D eigenvalue weighted by molar-refractivity contribution is 6.32. The van der Waals surface area contributed by atoms with E-state index in [2.05, 4.69) is 4.90 Å². The molecule has 6 heteroatoms. The number of quaternary nitrogens is 1. The van der Waals surface area contributed by atoms with Gasteiger partial charge in [0.05, 0.1) is 23.7 Å². The zero-order valence-corrected chi connectivity index (χ0v) is 14.1. The lowest BCUT2D eigenvalue weighted by Crippen LogP contribution is -2.73. The highest BCUT2D eigenvalue weighted by Crippen LogP contribution is 2.28. The first-order chi connectivity index (χ1) is 10.2. The van der Waals surface area contributed by atoms with E-state index in [4.69, 9.17) is 11.6 Å². The maximum Gasteiger partial charge on any atom is 0.257 e. The second-order valence-corrected chi connectivity index (χ2v) is 7.32. The van der Waals surface area contributed by atoms with Gasteiger partial charge in [0.15, 0.2) is 0 Å². The van der Waals surface area contributed by atoms with Crippen LogP contribution in [0.3, 0.4) is 0 Å². The predicted octanol–water partition coefficient (Wildman–Crippen LogP) is 1.82. The molecule has 22 heavy (non-hydrogen) atoms. The second-order valence-electron chi connectivity index (χ2n) is 6.91. The van der Waals surface area contributed by atoms with Gasteiger partial charge in [-0.2, -0.15) is 0 Å². The molecule has 122 valence electrons. The summed E-state index contributed by atoms with van der Waals surface area (Å²) in [5.41, 5.74) is 0.624. The molecule has 1 fully saturated rings. The summed E-state index contributed by atoms with van der Waals surface area (Å²) in [6.07, 6.45) is -1.00. The van der Waals surface area contributed by atoms with E-state index in [0.717, 1.165) is 5.56 Å². The minimum atomic E-state index is -1.00. The van der Waals surface area contributed by atoms with Crippen molar-refractivity contribution in [3.05, 3.63) is 28.8 Å². The minimum Gasteiger partial charge on any atom is -0.506 e. The second kappa shape index (κ2) is 6.07. The molecule has 1 aromatic rings. The third-order valence-corrected chi connectivity index (χ3v) is 4.95. The standard InChI is InChI=1S/C16H23ClN2O3/c1-16(2,3)19(15(21)22)8-6-18(7-9-19)11-12-4-5-14(20)13(17)10-12/h4-5,10H,6-9,11H2,1-3H3,(H-,20,21,22). The Morgan fingerprint density at radius 1 is 1.36 bits per heavy atom. The smallest absolute Gasteiger partial charge is 0.257 e. The monoisotopic (exact) mass is 326 g/mol. The van der Waals surface area contributed by atoms with Crippen LogP contribution >= 0.6 is 11.6 Å². The molecule has 1 saturated heterocycles. The molecule has 0 spiro atoms. The Labute approximate surface area is 136 Å². The van der Waals surface area contributed by atoms with Crippen molar-refractivity contribution in [2.75, 3.05) is 26.2 Å². The molecule has 0 saturated carbocycles. The SMILES string of the molecule is CC(C)(C)[N+]1(C(=O)[O-])CCN(Cc2ccc(O)c(Cl)c2)CC1. The van der Waals surface area contributed by atoms with Crippen molar-refractivity contribution in [3.63, 3.8) is 0 Å². The normalized spacial score (nSPS) is 19.1. The van der Waals surface area contributed by atoms with Crippen molar-refractivity contribution >= 4 is 17.7 Å². The number of carbonyl (C=O) groups is 1. The number of hydrogen-bond donors (Lipinski definition) is 1. The molecule has 1 aliphatic rings. The van der Waals surface area contributed by atoms with Crippen molar-refractivity contribution in [2.45, 2.75) is 32.9 Å². The Morgan fingerprint density at radius 3 is 2.41 bits per heavy atom. The lowest BCUT2D eigenvalue weighted by Gasteiger charge is -2.52. The van der Waals surface area contributed by atoms with Crippen LogP contribution < -0.4 is 5.11 Å². The largest absolute Gasteiger partial charge is 0.506 e. The van der Waals surface area contributed by atoms with Crippen LogP contribution in [0.4, 0.5) is 4.79 Å². The molecule has 1 aromatic carbocycles. The van der Waals surface area contributed by atoms with Gasteiger partial charge in [0.1, 0.15) is 5.75 Å². The summed E-state index contributed by atoms with van der Waals surface area (Å²) >= 11 is 5.92. The van der Waals surface area contributed by atoms with Crippen LogP contribution in [0.1, 0.15) is 26.3 Å². The quantitative estimate of drug-likeness (QED) is 0.842. The summed E-state index contributed by atoms with van der Waals surface area (Å²) in [6.45, 7) is 8.94. The van der Waals surface area contributed by atoms with Gasteiger partial charge in [0.25, 0.3) is 6.09 Å². The first-order valence-corrected chi connectivity index (χ1v) is 7.82. The lowest BCUT2D eigenvalue weighted by molar-refractivity contribution is -0.923. The van der Waals surface area contributed by atoms with E-state index in [1.165, 1.54) is 0 Å². The van der Waals surface area contributed by atoms with Gasteiger partial charge in [-0.3, -0.25) is 9.38 Å². The summed E-state index contributed by atoms with van der Waals surface area (Å²) in [7, 11) is 0. The predicted molar refractivity (Wildman–Crippen MR) is 83.5 cm³/mol. The fraction of sp³-hybridized carbons (Fsp3) is 0.562. The number of carbonyl (C=O) groups excluding carboxylic acids is 1. The number of rotatable bonds is 2. The number of nitrogens with zero attached hydrogens (tertiary/aromatic N) is 2. The van der Waals surface area contributed by atoms with E-state index in [1.807, 2.05) is 26.8 Å². The molecule has 1 aliphatic heterocycles. The zero-order valence-electron chi connectivity index (χ0n) is 13.3. The van der Waals surface area contributed by atoms with E-state index >= 15 is 0 Å². The lowest BCUT2D eigenvalue weighted by atomic mass is 10.00. The van der Waals surface area contributed by atoms with Crippen molar-refractivity contribution in [1.29, 1.82) is 0 Å². The van der Waals surface area contributed by atoms with Crippen LogP contribution in [0.15, 0.2) is 18.2 Å². The Hall–Kier alpha value is -1.30. The molecule has 0 unspecified atom stereocenters. The van der Waals surface area contributed by atoms with Crippen LogP contribution in [0.5, 0.6) is 5.75 Å². The molecular weight excluding hydrogens is 304 g/mol. The third kappa shape index (κ3) is 3.21. The molecule has 0 atom stereocenters. The summed E-state index contributed by atoms with van der Waals surface area (Å²) in [5.74, 6) is 0.0735. The Morgan fingerprint density at radius 2 is 1.95 bits per heavy atom.